The number of benzene rings is 1. The Morgan fingerprint density at radius 2 is 2.11 bits per heavy atom. The summed E-state index contributed by atoms with van der Waals surface area (Å²) in [6.45, 7) is 4.09. The summed E-state index contributed by atoms with van der Waals surface area (Å²) in [6, 6.07) is 8.54. The van der Waals surface area contributed by atoms with Crippen LogP contribution >= 0.6 is 0 Å². The van der Waals surface area contributed by atoms with E-state index in [1.54, 1.807) is 7.11 Å². The van der Waals surface area contributed by atoms with Gasteiger partial charge in [0.1, 0.15) is 5.75 Å². The molecule has 2 fully saturated rings. The Kier molecular flexibility index (Phi) is 3.76. The van der Waals surface area contributed by atoms with Crippen molar-refractivity contribution in [2.45, 2.75) is 24.7 Å². The van der Waals surface area contributed by atoms with Gasteiger partial charge in [-0.05, 0) is 56.0 Å². The molecule has 2 heterocycles. The second-order valence-electron chi connectivity index (χ2n) is 5.92. The first-order valence-corrected chi connectivity index (χ1v) is 7.25. The van der Waals surface area contributed by atoms with Crippen LogP contribution in [-0.2, 0) is 10.2 Å². The minimum Gasteiger partial charge on any atom is -0.497 e. The van der Waals surface area contributed by atoms with Gasteiger partial charge in [-0.15, -0.1) is 0 Å². The van der Waals surface area contributed by atoms with Gasteiger partial charge < -0.3 is 14.8 Å². The van der Waals surface area contributed by atoms with E-state index in [1.165, 1.54) is 31.4 Å². The number of hydrogen-bond donors (Lipinski definition) is 1. The SMILES string of the molecule is COc1ccc(C2(CC3CCCNC3)COC2)cc1. The van der Waals surface area contributed by atoms with Crippen LogP contribution in [0.3, 0.4) is 0 Å². The molecule has 1 N–H and O–H groups in total. The van der Waals surface area contributed by atoms with E-state index in [0.29, 0.717) is 0 Å². The molecule has 3 heteroatoms. The normalized spacial score (nSPS) is 25.6. The fraction of sp³-hybridized carbons (Fsp3) is 0.625. The predicted octanol–water partition coefficient (Wildman–Crippen LogP) is 2.35. The molecule has 0 amide bonds. The van der Waals surface area contributed by atoms with E-state index >= 15 is 0 Å². The second-order valence-corrected chi connectivity index (χ2v) is 5.92. The molecular weight excluding hydrogens is 238 g/mol. The third-order valence-corrected chi connectivity index (χ3v) is 4.54. The largest absolute Gasteiger partial charge is 0.497 e. The van der Waals surface area contributed by atoms with Crippen LogP contribution in [-0.4, -0.2) is 33.4 Å². The van der Waals surface area contributed by atoms with Crippen molar-refractivity contribution in [2.24, 2.45) is 5.92 Å². The molecule has 104 valence electrons. The van der Waals surface area contributed by atoms with E-state index in [9.17, 15) is 0 Å². The van der Waals surface area contributed by atoms with Gasteiger partial charge in [0.15, 0.2) is 0 Å². The lowest BCUT2D eigenvalue weighted by molar-refractivity contribution is -0.0727. The molecule has 1 aromatic rings. The lowest BCUT2D eigenvalue weighted by Gasteiger charge is -2.45. The third kappa shape index (κ3) is 2.63. The Labute approximate surface area is 115 Å². The fourth-order valence-electron chi connectivity index (χ4n) is 3.35. The molecule has 19 heavy (non-hydrogen) atoms. The van der Waals surface area contributed by atoms with Crippen molar-refractivity contribution < 1.29 is 9.47 Å². The zero-order valence-electron chi connectivity index (χ0n) is 11.7. The van der Waals surface area contributed by atoms with Crippen molar-refractivity contribution in [3.63, 3.8) is 0 Å². The van der Waals surface area contributed by atoms with Crippen LogP contribution in [0.25, 0.3) is 0 Å². The summed E-state index contributed by atoms with van der Waals surface area (Å²) in [7, 11) is 1.71. The summed E-state index contributed by atoms with van der Waals surface area (Å²) in [5, 5.41) is 3.51. The quantitative estimate of drug-likeness (QED) is 0.902. The third-order valence-electron chi connectivity index (χ3n) is 4.54. The molecule has 0 radical (unpaired) electrons. The van der Waals surface area contributed by atoms with E-state index in [1.807, 2.05) is 0 Å². The van der Waals surface area contributed by atoms with Crippen molar-refractivity contribution in [1.82, 2.24) is 5.32 Å². The van der Waals surface area contributed by atoms with Gasteiger partial charge in [0.05, 0.1) is 20.3 Å². The second kappa shape index (κ2) is 5.51. The summed E-state index contributed by atoms with van der Waals surface area (Å²) < 4.78 is 10.8. The maximum atomic E-state index is 5.54. The Balaban J connectivity index is 1.73. The van der Waals surface area contributed by atoms with Crippen molar-refractivity contribution >= 4 is 0 Å². The highest BCUT2D eigenvalue weighted by molar-refractivity contribution is 5.34. The smallest absolute Gasteiger partial charge is 0.118 e. The van der Waals surface area contributed by atoms with Gasteiger partial charge in [-0.25, -0.2) is 0 Å². The highest BCUT2D eigenvalue weighted by atomic mass is 16.5. The van der Waals surface area contributed by atoms with E-state index < -0.39 is 0 Å². The number of hydrogen-bond acceptors (Lipinski definition) is 3. The summed E-state index contributed by atoms with van der Waals surface area (Å²) in [6.07, 6.45) is 3.90. The van der Waals surface area contributed by atoms with E-state index in [0.717, 1.165) is 31.4 Å². The Morgan fingerprint density at radius 3 is 2.63 bits per heavy atom. The first-order chi connectivity index (χ1) is 9.32. The average Bonchev–Trinajstić information content (AvgIpc) is 2.44. The van der Waals surface area contributed by atoms with Gasteiger partial charge in [-0.1, -0.05) is 12.1 Å². The monoisotopic (exact) mass is 261 g/mol. The lowest BCUT2D eigenvalue weighted by Crippen LogP contribution is -2.49. The first kappa shape index (κ1) is 12.9. The minimum absolute atomic E-state index is 0.246. The number of ether oxygens (including phenoxy) is 2. The van der Waals surface area contributed by atoms with Gasteiger partial charge in [-0.2, -0.15) is 0 Å². The predicted molar refractivity (Wildman–Crippen MR) is 75.7 cm³/mol. The zero-order valence-corrected chi connectivity index (χ0v) is 11.7. The van der Waals surface area contributed by atoms with Gasteiger partial charge in [-0.3, -0.25) is 0 Å². The van der Waals surface area contributed by atoms with Gasteiger partial charge in [0.2, 0.25) is 0 Å². The molecule has 3 nitrogen and oxygen atoms in total. The average molecular weight is 261 g/mol. The molecular formula is C16H23NO2. The van der Waals surface area contributed by atoms with E-state index in [4.69, 9.17) is 9.47 Å². The molecule has 2 aliphatic rings. The summed E-state index contributed by atoms with van der Waals surface area (Å²) >= 11 is 0. The van der Waals surface area contributed by atoms with Crippen LogP contribution in [0.2, 0.25) is 0 Å². The summed E-state index contributed by atoms with van der Waals surface area (Å²) in [4.78, 5) is 0. The molecule has 1 atom stereocenters. The maximum Gasteiger partial charge on any atom is 0.118 e. The molecule has 0 spiro atoms. The lowest BCUT2D eigenvalue weighted by atomic mass is 9.71. The van der Waals surface area contributed by atoms with Gasteiger partial charge in [0.25, 0.3) is 0 Å². The highest BCUT2D eigenvalue weighted by Crippen LogP contribution is 2.40. The topological polar surface area (TPSA) is 30.5 Å². The Morgan fingerprint density at radius 1 is 1.32 bits per heavy atom. The zero-order chi connectivity index (χ0) is 13.1. The minimum atomic E-state index is 0.246. The molecule has 0 aromatic heterocycles. The van der Waals surface area contributed by atoms with Gasteiger partial charge in [0, 0.05) is 5.41 Å². The standard InChI is InChI=1S/C16H23NO2/c1-18-15-6-4-14(5-7-15)16(11-19-12-16)9-13-3-2-8-17-10-13/h4-7,13,17H,2-3,8-12H2,1H3. The van der Waals surface area contributed by atoms with E-state index in [2.05, 4.69) is 29.6 Å². The number of methoxy groups -OCH3 is 1. The van der Waals surface area contributed by atoms with Crippen molar-refractivity contribution in [1.29, 1.82) is 0 Å². The molecule has 1 unspecified atom stereocenters. The van der Waals surface area contributed by atoms with Crippen LogP contribution < -0.4 is 10.1 Å². The summed E-state index contributed by atoms with van der Waals surface area (Å²) in [5.74, 6) is 1.72. The van der Waals surface area contributed by atoms with Crippen molar-refractivity contribution in [3.05, 3.63) is 29.8 Å². The Hall–Kier alpha value is -1.06. The van der Waals surface area contributed by atoms with Crippen molar-refractivity contribution in [2.75, 3.05) is 33.4 Å². The molecule has 3 rings (SSSR count). The van der Waals surface area contributed by atoms with Crippen LogP contribution in [0.5, 0.6) is 5.75 Å². The molecule has 2 aliphatic heterocycles. The number of rotatable bonds is 4. The van der Waals surface area contributed by atoms with Gasteiger partial charge >= 0.3 is 0 Å². The van der Waals surface area contributed by atoms with Crippen LogP contribution in [0.15, 0.2) is 24.3 Å². The highest BCUT2D eigenvalue weighted by Gasteiger charge is 2.42. The fourth-order valence-corrected chi connectivity index (χ4v) is 3.35. The van der Waals surface area contributed by atoms with E-state index in [-0.39, 0.29) is 5.41 Å². The number of piperidine rings is 1. The van der Waals surface area contributed by atoms with Crippen LogP contribution in [0.1, 0.15) is 24.8 Å². The molecule has 0 bridgehead atoms. The molecule has 1 aromatic carbocycles. The maximum absolute atomic E-state index is 5.54. The number of nitrogens with one attached hydrogen (secondary N) is 1. The van der Waals surface area contributed by atoms with Crippen LogP contribution in [0.4, 0.5) is 0 Å². The molecule has 0 saturated carbocycles. The molecule has 0 aliphatic carbocycles. The first-order valence-electron chi connectivity index (χ1n) is 7.25. The Bertz CT molecular complexity index is 405. The molecule has 2 saturated heterocycles. The van der Waals surface area contributed by atoms with Crippen molar-refractivity contribution in [3.8, 4) is 5.75 Å². The summed E-state index contributed by atoms with van der Waals surface area (Å²) in [5.41, 5.74) is 1.65. The van der Waals surface area contributed by atoms with Crippen LogP contribution in [0, 0.1) is 5.92 Å².